The molecule has 0 bridgehead atoms. The average molecular weight is 161 g/mol. The minimum Gasteiger partial charge on any atom is -0.324 e. The van der Waals surface area contributed by atoms with Crippen LogP contribution in [0.15, 0.2) is 24.3 Å². The van der Waals surface area contributed by atoms with Crippen LogP contribution in [0.3, 0.4) is 0 Å². The summed E-state index contributed by atoms with van der Waals surface area (Å²) in [6.45, 7) is 2.06. The highest BCUT2D eigenvalue weighted by atomic mass is 14.6. The lowest BCUT2D eigenvalue weighted by molar-refractivity contribution is 0.799. The molecule has 1 aromatic rings. The SMILES string of the molecule is CC(N)c1ccccc1C1CC1. The fourth-order valence-electron chi connectivity index (χ4n) is 1.69. The summed E-state index contributed by atoms with van der Waals surface area (Å²) in [5, 5.41) is 0. The van der Waals surface area contributed by atoms with Gasteiger partial charge in [-0.1, -0.05) is 24.3 Å². The Morgan fingerprint density at radius 2 is 2.00 bits per heavy atom. The van der Waals surface area contributed by atoms with Gasteiger partial charge in [-0.3, -0.25) is 0 Å². The Kier molecular flexibility index (Phi) is 1.89. The maximum Gasteiger partial charge on any atom is 0.0268 e. The van der Waals surface area contributed by atoms with E-state index in [1.807, 2.05) is 0 Å². The topological polar surface area (TPSA) is 26.0 Å². The van der Waals surface area contributed by atoms with E-state index < -0.39 is 0 Å². The molecule has 1 aliphatic carbocycles. The van der Waals surface area contributed by atoms with E-state index >= 15 is 0 Å². The molecule has 1 saturated carbocycles. The van der Waals surface area contributed by atoms with E-state index in [1.165, 1.54) is 24.0 Å². The lowest BCUT2D eigenvalue weighted by Crippen LogP contribution is -2.07. The molecule has 0 amide bonds. The number of benzene rings is 1. The normalized spacial score (nSPS) is 19.2. The van der Waals surface area contributed by atoms with Gasteiger partial charge in [-0.2, -0.15) is 0 Å². The molecule has 0 spiro atoms. The van der Waals surface area contributed by atoms with Crippen LogP contribution in [-0.4, -0.2) is 0 Å². The lowest BCUT2D eigenvalue weighted by atomic mass is 9.99. The quantitative estimate of drug-likeness (QED) is 0.708. The predicted octanol–water partition coefficient (Wildman–Crippen LogP) is 2.58. The summed E-state index contributed by atoms with van der Waals surface area (Å²) in [7, 11) is 0. The largest absolute Gasteiger partial charge is 0.324 e. The van der Waals surface area contributed by atoms with Gasteiger partial charge in [0.05, 0.1) is 0 Å². The summed E-state index contributed by atoms with van der Waals surface area (Å²) in [6, 6.07) is 8.74. The molecule has 0 aliphatic heterocycles. The first-order valence-electron chi connectivity index (χ1n) is 4.63. The van der Waals surface area contributed by atoms with Gasteiger partial charge in [0.2, 0.25) is 0 Å². The molecular weight excluding hydrogens is 146 g/mol. The maximum atomic E-state index is 5.88. The zero-order valence-electron chi connectivity index (χ0n) is 7.46. The van der Waals surface area contributed by atoms with Crippen molar-refractivity contribution in [1.82, 2.24) is 0 Å². The molecule has 1 unspecified atom stereocenters. The van der Waals surface area contributed by atoms with Gasteiger partial charge >= 0.3 is 0 Å². The van der Waals surface area contributed by atoms with Crippen LogP contribution in [0.1, 0.15) is 42.9 Å². The standard InChI is InChI=1S/C11H15N/c1-8(12)10-4-2-3-5-11(10)9-6-7-9/h2-5,8-9H,6-7,12H2,1H3. The summed E-state index contributed by atoms with van der Waals surface area (Å²) in [4.78, 5) is 0. The molecule has 1 aliphatic rings. The van der Waals surface area contributed by atoms with E-state index in [4.69, 9.17) is 5.73 Å². The third-order valence-corrected chi connectivity index (χ3v) is 2.50. The van der Waals surface area contributed by atoms with Crippen molar-refractivity contribution in [2.75, 3.05) is 0 Å². The minimum absolute atomic E-state index is 0.182. The fraction of sp³-hybridized carbons (Fsp3) is 0.455. The molecule has 64 valence electrons. The second kappa shape index (κ2) is 2.91. The maximum absolute atomic E-state index is 5.88. The number of rotatable bonds is 2. The molecule has 1 aromatic carbocycles. The summed E-state index contributed by atoms with van der Waals surface area (Å²) >= 11 is 0. The van der Waals surface area contributed by atoms with Crippen LogP contribution in [0, 0.1) is 0 Å². The third kappa shape index (κ3) is 1.37. The first-order valence-corrected chi connectivity index (χ1v) is 4.63. The van der Waals surface area contributed by atoms with Gasteiger partial charge in [-0.25, -0.2) is 0 Å². The van der Waals surface area contributed by atoms with Crippen molar-refractivity contribution in [3.8, 4) is 0 Å². The highest BCUT2D eigenvalue weighted by molar-refractivity contribution is 5.34. The highest BCUT2D eigenvalue weighted by Gasteiger charge is 2.26. The number of hydrogen-bond donors (Lipinski definition) is 1. The van der Waals surface area contributed by atoms with Crippen molar-refractivity contribution in [3.05, 3.63) is 35.4 Å². The van der Waals surface area contributed by atoms with Crippen LogP contribution < -0.4 is 5.73 Å². The van der Waals surface area contributed by atoms with Crippen LogP contribution in [-0.2, 0) is 0 Å². The van der Waals surface area contributed by atoms with Gasteiger partial charge in [0, 0.05) is 6.04 Å². The minimum atomic E-state index is 0.182. The third-order valence-electron chi connectivity index (χ3n) is 2.50. The molecule has 2 rings (SSSR count). The van der Waals surface area contributed by atoms with Gasteiger partial charge in [-0.15, -0.1) is 0 Å². The Hall–Kier alpha value is -0.820. The molecule has 0 aromatic heterocycles. The highest BCUT2D eigenvalue weighted by Crippen LogP contribution is 2.42. The lowest BCUT2D eigenvalue weighted by Gasteiger charge is -2.11. The summed E-state index contributed by atoms with van der Waals surface area (Å²) in [5.41, 5.74) is 8.69. The van der Waals surface area contributed by atoms with E-state index in [0.717, 1.165) is 5.92 Å². The zero-order valence-corrected chi connectivity index (χ0v) is 7.46. The van der Waals surface area contributed by atoms with E-state index in [0.29, 0.717) is 0 Å². The first-order chi connectivity index (χ1) is 5.79. The summed E-state index contributed by atoms with van der Waals surface area (Å²) < 4.78 is 0. The molecule has 2 N–H and O–H groups in total. The Labute approximate surface area is 73.6 Å². The van der Waals surface area contributed by atoms with Crippen molar-refractivity contribution in [2.24, 2.45) is 5.73 Å². The Bertz CT molecular complexity index is 253. The molecule has 0 heterocycles. The zero-order chi connectivity index (χ0) is 8.55. The van der Waals surface area contributed by atoms with E-state index in [9.17, 15) is 0 Å². The monoisotopic (exact) mass is 161 g/mol. The van der Waals surface area contributed by atoms with E-state index in [1.54, 1.807) is 0 Å². The van der Waals surface area contributed by atoms with E-state index in [2.05, 4.69) is 31.2 Å². The van der Waals surface area contributed by atoms with Crippen molar-refractivity contribution in [3.63, 3.8) is 0 Å². The molecule has 0 radical (unpaired) electrons. The Balaban J connectivity index is 2.36. The smallest absolute Gasteiger partial charge is 0.0268 e. The first kappa shape index (κ1) is 7.81. The van der Waals surface area contributed by atoms with Crippen LogP contribution in [0.5, 0.6) is 0 Å². The fourth-order valence-corrected chi connectivity index (χ4v) is 1.69. The van der Waals surface area contributed by atoms with Gasteiger partial charge in [0.1, 0.15) is 0 Å². The van der Waals surface area contributed by atoms with Crippen LogP contribution >= 0.6 is 0 Å². The molecule has 1 fully saturated rings. The average Bonchev–Trinajstić information content (AvgIpc) is 2.87. The van der Waals surface area contributed by atoms with Crippen molar-refractivity contribution >= 4 is 0 Å². The Morgan fingerprint density at radius 1 is 1.33 bits per heavy atom. The van der Waals surface area contributed by atoms with Crippen LogP contribution in [0.25, 0.3) is 0 Å². The van der Waals surface area contributed by atoms with Crippen LogP contribution in [0.4, 0.5) is 0 Å². The van der Waals surface area contributed by atoms with Gasteiger partial charge in [0.15, 0.2) is 0 Å². The van der Waals surface area contributed by atoms with E-state index in [-0.39, 0.29) is 6.04 Å². The summed E-state index contributed by atoms with van der Waals surface area (Å²) in [5.74, 6) is 0.812. The van der Waals surface area contributed by atoms with Gasteiger partial charge in [0.25, 0.3) is 0 Å². The van der Waals surface area contributed by atoms with Gasteiger partial charge in [-0.05, 0) is 36.8 Å². The molecule has 1 atom stereocenters. The second-order valence-electron chi connectivity index (χ2n) is 3.69. The Morgan fingerprint density at radius 3 is 2.58 bits per heavy atom. The molecular formula is C11H15N. The molecule has 12 heavy (non-hydrogen) atoms. The number of hydrogen-bond acceptors (Lipinski definition) is 1. The van der Waals surface area contributed by atoms with Crippen molar-refractivity contribution in [2.45, 2.75) is 31.7 Å². The van der Waals surface area contributed by atoms with Crippen molar-refractivity contribution < 1.29 is 0 Å². The molecule has 0 saturated heterocycles. The molecule has 1 nitrogen and oxygen atoms in total. The van der Waals surface area contributed by atoms with Crippen molar-refractivity contribution in [1.29, 1.82) is 0 Å². The van der Waals surface area contributed by atoms with Crippen LogP contribution in [0.2, 0.25) is 0 Å². The van der Waals surface area contributed by atoms with Gasteiger partial charge < -0.3 is 5.73 Å². The summed E-state index contributed by atoms with van der Waals surface area (Å²) in [6.07, 6.45) is 2.70. The number of nitrogens with two attached hydrogens (primary N) is 1. The second-order valence-corrected chi connectivity index (χ2v) is 3.69. The molecule has 1 heteroatoms. The predicted molar refractivity (Wildman–Crippen MR) is 51.0 cm³/mol.